The van der Waals surface area contributed by atoms with Gasteiger partial charge in [-0.1, -0.05) is 11.8 Å². The van der Waals surface area contributed by atoms with Crippen molar-refractivity contribution in [1.82, 2.24) is 35.6 Å². The fourth-order valence-electron chi connectivity index (χ4n) is 3.31. The zero-order valence-corrected chi connectivity index (χ0v) is 21.3. The highest BCUT2D eigenvalue weighted by atomic mass is 32.2. The Morgan fingerprint density at radius 1 is 1.42 bits per heavy atom. The number of carbonyl (C=O) groups excluding carboxylic acids is 2. The Morgan fingerprint density at radius 3 is 2.67 bits per heavy atom. The van der Waals surface area contributed by atoms with Crippen molar-refractivity contribution in [2.24, 2.45) is 0 Å². The van der Waals surface area contributed by atoms with Crippen molar-refractivity contribution in [3.63, 3.8) is 0 Å². The summed E-state index contributed by atoms with van der Waals surface area (Å²) in [6.45, 7) is -0.0676. The molecule has 0 bridgehead atoms. The molecule has 14 nitrogen and oxygen atoms in total. The number of alkyl halides is 3. The predicted octanol–water partition coefficient (Wildman–Crippen LogP) is -1.39. The molecule has 2 amide bonds. The molecule has 3 heterocycles. The van der Waals surface area contributed by atoms with Crippen molar-refractivity contribution in [3.05, 3.63) is 11.3 Å². The Hall–Kier alpha value is -2.23. The summed E-state index contributed by atoms with van der Waals surface area (Å²) in [5.41, 5.74) is -5.24. The van der Waals surface area contributed by atoms with Gasteiger partial charge in [-0.15, -0.1) is 22.0 Å². The SMILES string of the molecule is CS(=O)(=O)NCCC(Sc1nn[nH]n1)C1=C(C(=O)O)N2C(=O)[C@@H](NC(=O)CS(=O)C(F)(F)F)[C@@H]2SC1. The molecule has 1 saturated heterocycles. The van der Waals surface area contributed by atoms with Gasteiger partial charge in [0, 0.05) is 17.5 Å². The van der Waals surface area contributed by atoms with E-state index < -0.39 is 72.2 Å². The van der Waals surface area contributed by atoms with Crippen molar-refractivity contribution in [3.8, 4) is 0 Å². The van der Waals surface area contributed by atoms with E-state index in [-0.39, 0.29) is 29.4 Å². The lowest BCUT2D eigenvalue weighted by atomic mass is 10.0. The van der Waals surface area contributed by atoms with E-state index in [1.807, 2.05) is 0 Å². The van der Waals surface area contributed by atoms with Gasteiger partial charge in [-0.3, -0.25) is 14.5 Å². The van der Waals surface area contributed by atoms with E-state index in [4.69, 9.17) is 0 Å². The summed E-state index contributed by atoms with van der Waals surface area (Å²) < 4.78 is 73.7. The molecule has 200 valence electrons. The molecule has 1 fully saturated rings. The first-order valence-electron chi connectivity index (χ1n) is 9.69. The van der Waals surface area contributed by atoms with Gasteiger partial charge in [0.2, 0.25) is 21.1 Å². The number of β-lactam (4-membered cyclic amide) rings is 1. The number of thioether (sulfide) groups is 2. The average molecular weight is 594 g/mol. The van der Waals surface area contributed by atoms with Gasteiger partial charge >= 0.3 is 11.5 Å². The minimum Gasteiger partial charge on any atom is -0.477 e. The van der Waals surface area contributed by atoms with Crippen LogP contribution >= 0.6 is 23.5 Å². The highest BCUT2D eigenvalue weighted by molar-refractivity contribution is 8.01. The van der Waals surface area contributed by atoms with Crippen LogP contribution in [0.5, 0.6) is 0 Å². The lowest BCUT2D eigenvalue weighted by molar-refractivity contribution is -0.150. The Labute approximate surface area is 212 Å². The number of H-pyrrole nitrogens is 1. The summed E-state index contributed by atoms with van der Waals surface area (Å²) in [6.07, 6.45) is 1.05. The summed E-state index contributed by atoms with van der Waals surface area (Å²) >= 11 is 2.04. The Kier molecular flexibility index (Phi) is 8.68. The summed E-state index contributed by atoms with van der Waals surface area (Å²) in [5.74, 6) is -4.97. The van der Waals surface area contributed by atoms with Crippen LogP contribution in [0.4, 0.5) is 13.2 Å². The molecule has 0 aromatic carbocycles. The molecule has 1 aromatic heterocycles. The number of nitrogens with zero attached hydrogens (tertiary/aromatic N) is 4. The molecule has 0 saturated carbocycles. The number of rotatable bonds is 11. The number of aliphatic carboxylic acids is 1. The zero-order chi connectivity index (χ0) is 26.8. The number of tetrazole rings is 1. The molecule has 4 atom stereocenters. The lowest BCUT2D eigenvalue weighted by Crippen LogP contribution is -2.71. The van der Waals surface area contributed by atoms with E-state index in [1.165, 1.54) is 0 Å². The van der Waals surface area contributed by atoms with Crippen LogP contribution in [0.3, 0.4) is 0 Å². The number of carbonyl (C=O) groups is 3. The van der Waals surface area contributed by atoms with E-state index in [0.717, 1.165) is 34.7 Å². The number of aromatic nitrogens is 4. The quantitative estimate of drug-likeness (QED) is 0.173. The Bertz CT molecular complexity index is 1190. The van der Waals surface area contributed by atoms with Crippen LogP contribution in [0, 0.1) is 0 Å². The molecular formula is C15H18F3N7O7S4. The largest absolute Gasteiger partial charge is 0.477 e. The fourth-order valence-corrected chi connectivity index (χ4v) is 6.83. The number of carboxylic acids is 1. The van der Waals surface area contributed by atoms with E-state index in [0.29, 0.717) is 0 Å². The van der Waals surface area contributed by atoms with Gasteiger partial charge < -0.3 is 10.4 Å². The van der Waals surface area contributed by atoms with Crippen LogP contribution in [0.25, 0.3) is 0 Å². The van der Waals surface area contributed by atoms with E-state index in [9.17, 15) is 45.3 Å². The lowest BCUT2D eigenvalue weighted by Gasteiger charge is -2.50. The van der Waals surface area contributed by atoms with Gasteiger partial charge in [0.15, 0.2) is 0 Å². The third-order valence-corrected chi connectivity index (χ3v) is 9.03. The second kappa shape index (κ2) is 11.0. The van der Waals surface area contributed by atoms with Crippen LogP contribution in [-0.2, 0) is 35.2 Å². The minimum absolute atomic E-state index is 0.0331. The molecule has 0 aliphatic carbocycles. The smallest absolute Gasteiger partial charge is 0.471 e. The normalized spacial score (nSPS) is 22.0. The first kappa shape index (κ1) is 28.3. The minimum atomic E-state index is -5.10. The predicted molar refractivity (Wildman–Crippen MR) is 120 cm³/mol. The summed E-state index contributed by atoms with van der Waals surface area (Å²) in [4.78, 5) is 37.7. The maximum absolute atomic E-state index is 12.7. The molecule has 21 heteroatoms. The number of carboxylic acid groups (broad SMARTS) is 1. The molecule has 2 aliphatic rings. The maximum atomic E-state index is 12.7. The summed E-state index contributed by atoms with van der Waals surface area (Å²) in [5, 5.41) is 23.7. The molecule has 3 rings (SSSR count). The maximum Gasteiger partial charge on any atom is 0.471 e. The highest BCUT2D eigenvalue weighted by Gasteiger charge is 2.55. The number of halogens is 3. The van der Waals surface area contributed by atoms with Gasteiger partial charge in [-0.2, -0.15) is 18.4 Å². The Morgan fingerprint density at radius 2 is 2.11 bits per heavy atom. The highest BCUT2D eigenvalue weighted by Crippen LogP contribution is 2.44. The van der Waals surface area contributed by atoms with Crippen molar-refractivity contribution >= 4 is 62.1 Å². The number of amides is 2. The van der Waals surface area contributed by atoms with Gasteiger partial charge in [0.25, 0.3) is 5.91 Å². The number of fused-ring (bicyclic) bond motifs is 1. The van der Waals surface area contributed by atoms with Crippen LogP contribution in [-0.4, -0.2) is 108 Å². The van der Waals surface area contributed by atoms with E-state index >= 15 is 0 Å². The fraction of sp³-hybridized carbons (Fsp3) is 0.600. The molecule has 0 radical (unpaired) electrons. The number of hydrogen-bond acceptors (Lipinski definition) is 11. The van der Waals surface area contributed by atoms with E-state index in [2.05, 4.69) is 30.7 Å². The molecule has 1 aromatic rings. The second-order valence-corrected chi connectivity index (χ2v) is 12.9. The first-order valence-corrected chi connectivity index (χ1v) is 14.8. The van der Waals surface area contributed by atoms with Crippen LogP contribution in [0.2, 0.25) is 0 Å². The van der Waals surface area contributed by atoms with Crippen molar-refractivity contribution in [2.45, 2.75) is 33.8 Å². The van der Waals surface area contributed by atoms with Gasteiger partial charge in [-0.25, -0.2) is 22.1 Å². The second-order valence-electron chi connectivity index (χ2n) is 7.33. The van der Waals surface area contributed by atoms with Crippen molar-refractivity contribution in [1.29, 1.82) is 0 Å². The summed E-state index contributed by atoms with van der Waals surface area (Å²) in [6, 6.07) is -1.31. The molecule has 36 heavy (non-hydrogen) atoms. The summed E-state index contributed by atoms with van der Waals surface area (Å²) in [7, 11) is -6.99. The van der Waals surface area contributed by atoms with Crippen molar-refractivity contribution in [2.75, 3.05) is 24.3 Å². The van der Waals surface area contributed by atoms with Crippen LogP contribution in [0.1, 0.15) is 6.42 Å². The molecular weight excluding hydrogens is 575 g/mol. The van der Waals surface area contributed by atoms with Gasteiger partial charge in [0.1, 0.15) is 33.7 Å². The first-order chi connectivity index (χ1) is 16.7. The third kappa shape index (κ3) is 6.75. The Balaban J connectivity index is 1.81. The van der Waals surface area contributed by atoms with Gasteiger partial charge in [-0.05, 0) is 17.2 Å². The molecule has 4 N–H and O–H groups in total. The number of aromatic amines is 1. The topological polar surface area (TPSA) is 204 Å². The van der Waals surface area contributed by atoms with Crippen molar-refractivity contribution < 1.29 is 45.3 Å². The van der Waals surface area contributed by atoms with E-state index in [1.54, 1.807) is 0 Å². The molecule has 2 unspecified atom stereocenters. The molecule has 0 spiro atoms. The number of sulfonamides is 1. The van der Waals surface area contributed by atoms with Gasteiger partial charge in [0.05, 0.1) is 6.26 Å². The average Bonchev–Trinajstić information content (AvgIpc) is 3.27. The zero-order valence-electron chi connectivity index (χ0n) is 18.0. The molecule has 2 aliphatic heterocycles. The number of nitrogens with one attached hydrogen (secondary N) is 3. The van der Waals surface area contributed by atoms with Crippen LogP contribution in [0.15, 0.2) is 16.4 Å². The van der Waals surface area contributed by atoms with Crippen LogP contribution < -0.4 is 10.0 Å². The monoisotopic (exact) mass is 593 g/mol. The third-order valence-electron chi connectivity index (χ3n) is 4.77. The standard InChI is InChI=1S/C15H18F3N7O7S4/c1-36(31,32)19-3-2-7(34-14-21-23-24-22-14)6-4-33-12-9(11(27)25(12)10(6)13(28)29)20-8(26)5-35(30)15(16,17)18/h7,9,12,19H,2-5H2,1H3,(H,20,26)(H,28,29)(H,21,22,23,24)/t7?,9-,12+,35?/m1/s1. The number of hydrogen-bond donors (Lipinski definition) is 4.